The number of phosphoric acid groups is 1. The number of esters is 2. The maximum atomic E-state index is 12.7. The summed E-state index contributed by atoms with van der Waals surface area (Å²) in [6, 6.07) is 0. The van der Waals surface area contributed by atoms with Gasteiger partial charge in [0.2, 0.25) is 0 Å². The largest absolute Gasteiger partial charge is 0.472 e. The van der Waals surface area contributed by atoms with Gasteiger partial charge in [-0.05, 0) is 38.5 Å². The molecule has 0 aliphatic rings. The highest BCUT2D eigenvalue weighted by atomic mass is 31.2. The molecule has 0 aromatic carbocycles. The van der Waals surface area contributed by atoms with Crippen LogP contribution in [0, 0.1) is 0 Å². The van der Waals surface area contributed by atoms with Gasteiger partial charge in [0.1, 0.15) is 12.7 Å². The molecule has 0 aromatic rings. The van der Waals surface area contributed by atoms with E-state index in [9.17, 15) is 24.2 Å². The molecule has 0 bridgehead atoms. The van der Waals surface area contributed by atoms with Crippen LogP contribution in [-0.4, -0.2) is 65.7 Å². The zero-order chi connectivity index (χ0) is 46.2. The molecule has 3 atom stereocenters. The number of ether oxygens (including phenoxy) is 2. The van der Waals surface area contributed by atoms with Crippen LogP contribution in [0.25, 0.3) is 0 Å². The van der Waals surface area contributed by atoms with Crippen molar-refractivity contribution in [3.8, 4) is 0 Å². The molecule has 0 rings (SSSR count). The van der Waals surface area contributed by atoms with Crippen molar-refractivity contribution < 1.29 is 47.8 Å². The van der Waals surface area contributed by atoms with Crippen molar-refractivity contribution in [2.75, 3.05) is 26.4 Å². The number of aliphatic hydroxyl groups is 2. The van der Waals surface area contributed by atoms with E-state index in [1.165, 1.54) is 193 Å². The van der Waals surface area contributed by atoms with Gasteiger partial charge >= 0.3 is 19.8 Å². The van der Waals surface area contributed by atoms with Crippen molar-refractivity contribution >= 4 is 19.8 Å². The first-order valence-electron chi connectivity index (χ1n) is 26.6. The Morgan fingerprint density at radius 3 is 1.14 bits per heavy atom. The lowest BCUT2D eigenvalue weighted by molar-refractivity contribution is -0.161. The van der Waals surface area contributed by atoms with Gasteiger partial charge in [0.05, 0.1) is 19.8 Å². The Morgan fingerprint density at radius 1 is 0.460 bits per heavy atom. The van der Waals surface area contributed by atoms with Gasteiger partial charge in [-0.1, -0.05) is 231 Å². The summed E-state index contributed by atoms with van der Waals surface area (Å²) in [6.45, 7) is 2.43. The van der Waals surface area contributed by atoms with Crippen LogP contribution in [0.5, 0.6) is 0 Å². The van der Waals surface area contributed by atoms with Crippen LogP contribution in [0.1, 0.15) is 271 Å². The highest BCUT2D eigenvalue weighted by Crippen LogP contribution is 2.43. The van der Waals surface area contributed by atoms with Gasteiger partial charge in [0.15, 0.2) is 6.10 Å². The van der Waals surface area contributed by atoms with Gasteiger partial charge in [0, 0.05) is 12.8 Å². The van der Waals surface area contributed by atoms with Crippen LogP contribution in [0.2, 0.25) is 0 Å². The van der Waals surface area contributed by atoms with E-state index >= 15 is 0 Å². The van der Waals surface area contributed by atoms with Crippen molar-refractivity contribution in [2.45, 2.75) is 283 Å². The fraction of sp³-hybridized carbons (Fsp3) is 0.923. The number of aliphatic hydroxyl groups excluding tert-OH is 2. The minimum Gasteiger partial charge on any atom is -0.462 e. The molecular weight excluding hydrogens is 816 g/mol. The summed E-state index contributed by atoms with van der Waals surface area (Å²) in [7, 11) is -4.62. The fourth-order valence-electron chi connectivity index (χ4n) is 7.82. The molecule has 0 radical (unpaired) electrons. The van der Waals surface area contributed by atoms with E-state index in [4.69, 9.17) is 23.6 Å². The van der Waals surface area contributed by atoms with Crippen LogP contribution in [0.15, 0.2) is 12.2 Å². The van der Waals surface area contributed by atoms with Gasteiger partial charge in [-0.2, -0.15) is 0 Å². The second-order valence-corrected chi connectivity index (χ2v) is 19.7. The van der Waals surface area contributed by atoms with E-state index in [1.807, 2.05) is 0 Å². The number of allylic oxidation sites excluding steroid dienone is 2. The summed E-state index contributed by atoms with van der Waals surface area (Å²) in [4.78, 5) is 35.2. The van der Waals surface area contributed by atoms with E-state index in [2.05, 4.69) is 26.0 Å². The van der Waals surface area contributed by atoms with Crippen molar-refractivity contribution in [3.05, 3.63) is 12.2 Å². The molecular formula is C52H101O10P. The molecule has 63 heavy (non-hydrogen) atoms. The Balaban J connectivity index is 4.09. The number of carbonyl (C=O) groups excluding carboxylic acids is 2. The fourth-order valence-corrected chi connectivity index (χ4v) is 8.60. The quantitative estimate of drug-likeness (QED) is 0.0233. The number of hydrogen-bond acceptors (Lipinski definition) is 9. The van der Waals surface area contributed by atoms with Gasteiger partial charge < -0.3 is 24.6 Å². The molecule has 0 aromatic heterocycles. The SMILES string of the molecule is CCCCCCCC/C=C\CCCCCCCCCC(=O)OC(COC(=O)CCCCCCCCCCCCCCCCCCCCCCCCC)COP(=O)(O)OCC(O)CO. The monoisotopic (exact) mass is 917 g/mol. The second-order valence-electron chi connectivity index (χ2n) is 18.3. The zero-order valence-electron chi connectivity index (χ0n) is 41.1. The van der Waals surface area contributed by atoms with Crippen molar-refractivity contribution in [3.63, 3.8) is 0 Å². The molecule has 0 aliphatic carbocycles. The standard InChI is InChI=1S/C52H101O10P/c1-3-5-7-9-11-13-15-17-19-21-22-23-24-25-26-28-29-31-33-35-37-39-41-43-51(55)59-47-50(48-61-63(57,58)60-46-49(54)45-53)62-52(56)44-42-40-38-36-34-32-30-27-20-18-16-14-12-10-8-6-4-2/h18,20,49-50,53-54H,3-17,19,21-48H2,1-2H3,(H,57,58)/b20-18-. The molecule has 0 fully saturated rings. The topological polar surface area (TPSA) is 149 Å². The summed E-state index contributed by atoms with van der Waals surface area (Å²) in [5.74, 6) is -0.912. The maximum absolute atomic E-state index is 12.7. The molecule has 10 nitrogen and oxygen atoms in total. The lowest BCUT2D eigenvalue weighted by atomic mass is 10.0. The number of unbranched alkanes of at least 4 members (excludes halogenated alkanes) is 35. The molecule has 3 N–H and O–H groups in total. The van der Waals surface area contributed by atoms with Gasteiger partial charge in [-0.25, -0.2) is 4.57 Å². The summed E-state index contributed by atoms with van der Waals surface area (Å²) in [5.41, 5.74) is 0. The summed E-state index contributed by atoms with van der Waals surface area (Å²) >= 11 is 0. The van der Waals surface area contributed by atoms with Gasteiger partial charge in [-0.3, -0.25) is 18.6 Å². The molecule has 0 saturated heterocycles. The summed E-state index contributed by atoms with van der Waals surface area (Å²) in [6.07, 6.45) is 50.4. The van der Waals surface area contributed by atoms with Gasteiger partial charge in [-0.15, -0.1) is 0 Å². The van der Waals surface area contributed by atoms with Crippen LogP contribution in [0.3, 0.4) is 0 Å². The first-order valence-corrected chi connectivity index (χ1v) is 28.1. The Morgan fingerprint density at radius 2 is 0.778 bits per heavy atom. The van der Waals surface area contributed by atoms with Crippen molar-refractivity contribution in [1.29, 1.82) is 0 Å². The average molecular weight is 917 g/mol. The molecule has 0 amide bonds. The Labute approximate surface area is 387 Å². The summed E-state index contributed by atoms with van der Waals surface area (Å²) in [5, 5.41) is 18.4. The molecule has 0 spiro atoms. The third kappa shape index (κ3) is 48.5. The van der Waals surface area contributed by atoms with Crippen LogP contribution >= 0.6 is 7.82 Å². The third-order valence-corrected chi connectivity index (χ3v) is 12.9. The first kappa shape index (κ1) is 61.7. The normalized spacial score (nSPS) is 13.7. The van der Waals surface area contributed by atoms with E-state index in [0.29, 0.717) is 12.8 Å². The average Bonchev–Trinajstić information content (AvgIpc) is 3.27. The molecule has 0 aliphatic heterocycles. The second kappa shape index (κ2) is 48.6. The maximum Gasteiger partial charge on any atom is 0.472 e. The van der Waals surface area contributed by atoms with E-state index in [0.717, 1.165) is 38.5 Å². The predicted octanol–water partition coefficient (Wildman–Crippen LogP) is 15.1. The van der Waals surface area contributed by atoms with E-state index < -0.39 is 51.8 Å². The Bertz CT molecular complexity index is 1060. The molecule has 0 heterocycles. The van der Waals surface area contributed by atoms with E-state index in [-0.39, 0.29) is 19.4 Å². The van der Waals surface area contributed by atoms with Crippen LogP contribution < -0.4 is 0 Å². The molecule has 3 unspecified atom stereocenters. The predicted molar refractivity (Wildman–Crippen MR) is 261 cm³/mol. The Hall–Kier alpha value is -1.29. The Kier molecular flexibility index (Phi) is 47.6. The van der Waals surface area contributed by atoms with Crippen molar-refractivity contribution in [2.24, 2.45) is 0 Å². The van der Waals surface area contributed by atoms with Gasteiger partial charge in [0.25, 0.3) is 0 Å². The first-order chi connectivity index (χ1) is 30.7. The van der Waals surface area contributed by atoms with Crippen LogP contribution in [-0.2, 0) is 32.7 Å². The molecule has 11 heteroatoms. The minimum absolute atomic E-state index is 0.184. The number of phosphoric ester groups is 1. The van der Waals surface area contributed by atoms with Crippen molar-refractivity contribution in [1.82, 2.24) is 0 Å². The number of carbonyl (C=O) groups is 2. The highest BCUT2D eigenvalue weighted by Gasteiger charge is 2.27. The smallest absolute Gasteiger partial charge is 0.462 e. The number of hydrogen-bond donors (Lipinski definition) is 3. The highest BCUT2D eigenvalue weighted by molar-refractivity contribution is 7.47. The minimum atomic E-state index is -4.62. The lowest BCUT2D eigenvalue weighted by Gasteiger charge is -2.20. The lowest BCUT2D eigenvalue weighted by Crippen LogP contribution is -2.29. The van der Waals surface area contributed by atoms with E-state index in [1.54, 1.807) is 0 Å². The third-order valence-electron chi connectivity index (χ3n) is 11.9. The van der Waals surface area contributed by atoms with Crippen LogP contribution in [0.4, 0.5) is 0 Å². The number of rotatable bonds is 51. The molecule has 374 valence electrons. The molecule has 0 saturated carbocycles. The summed E-state index contributed by atoms with van der Waals surface area (Å²) < 4.78 is 32.9. The zero-order valence-corrected chi connectivity index (χ0v) is 42.0.